The molecule has 0 aromatic heterocycles. The predicted molar refractivity (Wildman–Crippen MR) is 172 cm³/mol. The summed E-state index contributed by atoms with van der Waals surface area (Å²) in [5, 5.41) is 59.4. The topological polar surface area (TPSA) is 227 Å². The molecule has 4 atom stereocenters. The van der Waals surface area contributed by atoms with Crippen molar-refractivity contribution in [3.05, 3.63) is 70.3 Å². The third kappa shape index (κ3) is 11.2. The number of aryl methyl sites for hydroxylation is 1. The van der Waals surface area contributed by atoms with Gasteiger partial charge in [0.1, 0.15) is 70.0 Å². The van der Waals surface area contributed by atoms with Crippen LogP contribution in [0.4, 0.5) is 0 Å². The summed E-state index contributed by atoms with van der Waals surface area (Å²) in [5.74, 6) is -5.37. The molecular weight excluding hydrogens is 644 g/mol. The number of carbonyl (C=O) groups excluding carboxylic acids is 4. The summed E-state index contributed by atoms with van der Waals surface area (Å²) in [6.45, 7) is 7.49. The molecule has 0 saturated carbocycles. The number of rotatable bonds is 14. The van der Waals surface area contributed by atoms with Gasteiger partial charge in [0.2, 0.25) is 0 Å². The maximum atomic E-state index is 13.1. The number of esters is 4. The molecule has 0 fully saturated rings. The smallest absolute Gasteiger partial charge is 0.342 e. The molecule has 49 heavy (non-hydrogen) atoms. The molecule has 0 amide bonds. The highest BCUT2D eigenvalue weighted by molar-refractivity contribution is 5.95. The first-order valence-corrected chi connectivity index (χ1v) is 15.3. The van der Waals surface area contributed by atoms with E-state index in [-0.39, 0.29) is 70.9 Å². The summed E-state index contributed by atoms with van der Waals surface area (Å²) in [4.78, 5) is 50.7. The van der Waals surface area contributed by atoms with Gasteiger partial charge in [0, 0.05) is 31.0 Å². The molecular formula is C35H40O14. The first-order valence-electron chi connectivity index (χ1n) is 15.3. The molecule has 0 unspecified atom stereocenters. The molecule has 0 aliphatic heterocycles. The SMILES string of the molecule is Cc1cc(O)cc(O)c1C(=O)O[C@H](C)CC(=O)O[C@H](C)Cc1cc(O)cc(O)c1C(=O)O[C@H](C)CC(=O)O[C@H](C)Cc1cc(O)cc(O)c1. The van der Waals surface area contributed by atoms with E-state index in [1.807, 2.05) is 0 Å². The van der Waals surface area contributed by atoms with E-state index in [0.717, 1.165) is 12.1 Å². The summed E-state index contributed by atoms with van der Waals surface area (Å²) in [6, 6.07) is 8.39. The Balaban J connectivity index is 1.56. The van der Waals surface area contributed by atoms with Crippen molar-refractivity contribution in [2.45, 2.75) is 84.7 Å². The van der Waals surface area contributed by atoms with Crippen molar-refractivity contribution in [1.82, 2.24) is 0 Å². The van der Waals surface area contributed by atoms with Gasteiger partial charge in [-0.3, -0.25) is 9.59 Å². The van der Waals surface area contributed by atoms with Gasteiger partial charge in [-0.15, -0.1) is 0 Å². The summed E-state index contributed by atoms with van der Waals surface area (Å²) >= 11 is 0. The highest BCUT2D eigenvalue weighted by Gasteiger charge is 2.26. The van der Waals surface area contributed by atoms with Crippen molar-refractivity contribution < 1.29 is 68.8 Å². The van der Waals surface area contributed by atoms with Gasteiger partial charge in [-0.25, -0.2) is 9.59 Å². The van der Waals surface area contributed by atoms with Gasteiger partial charge in [0.15, 0.2) is 0 Å². The van der Waals surface area contributed by atoms with Crippen molar-refractivity contribution in [3.63, 3.8) is 0 Å². The number of hydrogen-bond acceptors (Lipinski definition) is 14. The number of ether oxygens (including phenoxy) is 4. The van der Waals surface area contributed by atoms with Crippen molar-refractivity contribution in [3.8, 4) is 34.5 Å². The van der Waals surface area contributed by atoms with Crippen LogP contribution in [-0.2, 0) is 41.4 Å². The van der Waals surface area contributed by atoms with E-state index in [4.69, 9.17) is 18.9 Å². The third-order valence-corrected chi connectivity index (χ3v) is 7.07. The van der Waals surface area contributed by atoms with Gasteiger partial charge in [0.25, 0.3) is 0 Å². The van der Waals surface area contributed by atoms with Gasteiger partial charge < -0.3 is 49.6 Å². The van der Waals surface area contributed by atoms with Crippen molar-refractivity contribution in [2.24, 2.45) is 0 Å². The Hall–Kier alpha value is -5.66. The lowest BCUT2D eigenvalue weighted by atomic mass is 10.00. The second-order valence-electron chi connectivity index (χ2n) is 11.9. The average molecular weight is 685 g/mol. The van der Waals surface area contributed by atoms with Crippen LogP contribution >= 0.6 is 0 Å². The molecule has 0 saturated heterocycles. The number of phenols is 6. The fourth-order valence-corrected chi connectivity index (χ4v) is 5.16. The van der Waals surface area contributed by atoms with Crippen LogP contribution in [0, 0.1) is 6.92 Å². The molecule has 3 rings (SSSR count). The molecule has 0 aliphatic carbocycles. The maximum Gasteiger partial charge on any atom is 0.342 e. The van der Waals surface area contributed by atoms with Crippen LogP contribution in [0.3, 0.4) is 0 Å². The zero-order chi connectivity index (χ0) is 36.6. The van der Waals surface area contributed by atoms with Gasteiger partial charge in [0.05, 0.1) is 12.8 Å². The molecule has 3 aromatic carbocycles. The predicted octanol–water partition coefficient (Wildman–Crippen LogP) is 4.45. The molecule has 3 aromatic rings. The number of phenolic OH excluding ortho intramolecular Hbond substituents is 6. The highest BCUT2D eigenvalue weighted by atomic mass is 16.6. The Kier molecular flexibility index (Phi) is 12.7. The van der Waals surface area contributed by atoms with Crippen LogP contribution in [0.2, 0.25) is 0 Å². The largest absolute Gasteiger partial charge is 0.508 e. The number of aromatic hydroxyl groups is 6. The molecule has 0 aliphatic rings. The molecule has 0 bridgehead atoms. The second-order valence-corrected chi connectivity index (χ2v) is 11.9. The lowest BCUT2D eigenvalue weighted by Gasteiger charge is -2.20. The Labute approximate surface area is 282 Å². The number of benzene rings is 3. The summed E-state index contributed by atoms with van der Waals surface area (Å²) < 4.78 is 21.4. The van der Waals surface area contributed by atoms with E-state index in [1.54, 1.807) is 6.92 Å². The van der Waals surface area contributed by atoms with Crippen LogP contribution in [0.5, 0.6) is 34.5 Å². The standard InChI is InChI=1S/C35H40O14/c1-17-6-24(36)15-28(40)32(17)34(44)48-20(4)9-31(43)47-19(3)8-23-13-27(39)16-29(41)33(23)35(45)49-21(5)10-30(42)46-18(2)7-22-11-25(37)14-26(38)12-22/h6,11-16,18-21,36-41H,7-10H2,1-5H3/t18-,19-,20-,21-/m1/s1. The van der Waals surface area contributed by atoms with Gasteiger partial charge in [-0.05, 0) is 75.6 Å². The van der Waals surface area contributed by atoms with Crippen LogP contribution in [-0.4, -0.2) is 78.9 Å². The van der Waals surface area contributed by atoms with Crippen LogP contribution in [0.15, 0.2) is 42.5 Å². The lowest BCUT2D eigenvalue weighted by molar-refractivity contribution is -0.151. The van der Waals surface area contributed by atoms with Crippen molar-refractivity contribution in [2.75, 3.05) is 0 Å². The third-order valence-electron chi connectivity index (χ3n) is 7.07. The Morgan fingerprint density at radius 3 is 1.47 bits per heavy atom. The molecule has 14 heteroatoms. The van der Waals surface area contributed by atoms with E-state index in [9.17, 15) is 49.8 Å². The van der Waals surface area contributed by atoms with E-state index in [1.165, 1.54) is 58.0 Å². The Bertz CT molecular complexity index is 1650. The fourth-order valence-electron chi connectivity index (χ4n) is 5.16. The van der Waals surface area contributed by atoms with Crippen molar-refractivity contribution in [1.29, 1.82) is 0 Å². The van der Waals surface area contributed by atoms with Crippen molar-refractivity contribution >= 4 is 23.9 Å². The average Bonchev–Trinajstić information content (AvgIpc) is 2.90. The van der Waals surface area contributed by atoms with E-state index in [0.29, 0.717) is 5.56 Å². The van der Waals surface area contributed by atoms with Gasteiger partial charge in [-0.1, -0.05) is 0 Å². The van der Waals surface area contributed by atoms with E-state index < -0.39 is 59.8 Å². The van der Waals surface area contributed by atoms with Gasteiger partial charge >= 0.3 is 23.9 Å². The summed E-state index contributed by atoms with van der Waals surface area (Å²) in [7, 11) is 0. The number of hydrogen-bond donors (Lipinski definition) is 6. The van der Waals surface area contributed by atoms with E-state index in [2.05, 4.69) is 0 Å². The molecule has 264 valence electrons. The molecule has 0 spiro atoms. The molecule has 0 heterocycles. The second kappa shape index (κ2) is 16.4. The lowest BCUT2D eigenvalue weighted by Crippen LogP contribution is -2.25. The summed E-state index contributed by atoms with van der Waals surface area (Å²) in [6.07, 6.45) is -4.14. The summed E-state index contributed by atoms with van der Waals surface area (Å²) in [5.41, 5.74) is 0.402. The molecule has 6 N–H and O–H groups in total. The quantitative estimate of drug-likeness (QED) is 0.102. The zero-order valence-electron chi connectivity index (χ0n) is 27.6. The molecule has 14 nitrogen and oxygen atoms in total. The minimum atomic E-state index is -1.01. The first-order chi connectivity index (χ1) is 22.9. The zero-order valence-corrected chi connectivity index (χ0v) is 27.6. The highest BCUT2D eigenvalue weighted by Crippen LogP contribution is 2.31. The monoisotopic (exact) mass is 684 g/mol. The van der Waals surface area contributed by atoms with Crippen LogP contribution in [0.1, 0.15) is 77.9 Å². The molecule has 0 radical (unpaired) electrons. The fraction of sp³-hybridized carbons (Fsp3) is 0.371. The number of carbonyl (C=O) groups is 4. The maximum absolute atomic E-state index is 13.1. The van der Waals surface area contributed by atoms with E-state index >= 15 is 0 Å². The normalized spacial score (nSPS) is 13.4. The van der Waals surface area contributed by atoms with Crippen LogP contribution < -0.4 is 0 Å². The Morgan fingerprint density at radius 1 is 0.531 bits per heavy atom. The van der Waals surface area contributed by atoms with Crippen LogP contribution in [0.25, 0.3) is 0 Å². The Morgan fingerprint density at radius 2 is 0.959 bits per heavy atom. The minimum Gasteiger partial charge on any atom is -0.508 e. The first kappa shape index (κ1) is 37.8. The van der Waals surface area contributed by atoms with Gasteiger partial charge in [-0.2, -0.15) is 0 Å². The minimum absolute atomic E-state index is 0.0818.